The molecule has 0 fully saturated rings. The highest BCUT2D eigenvalue weighted by Gasteiger charge is 2.39. The van der Waals surface area contributed by atoms with Crippen LogP contribution in [0.3, 0.4) is 0 Å². The lowest BCUT2D eigenvalue weighted by Gasteiger charge is -2.12. The molecule has 0 bridgehead atoms. The maximum Gasteiger partial charge on any atom is 0.453 e. The van der Waals surface area contributed by atoms with E-state index in [0.29, 0.717) is 11.2 Å². The number of hydrogen-bond donors (Lipinski definition) is 0. The Kier molecular flexibility index (Phi) is 6.10. The monoisotopic (exact) mass is 349 g/mol. The van der Waals surface area contributed by atoms with Gasteiger partial charge in [-0.15, -0.1) is 0 Å². The van der Waals surface area contributed by atoms with Gasteiger partial charge in [0.05, 0.1) is 5.02 Å². The molecule has 8 heteroatoms. The molecule has 0 unspecified atom stereocenters. The van der Waals surface area contributed by atoms with E-state index in [2.05, 4.69) is 16.9 Å². The highest BCUT2D eigenvalue weighted by molar-refractivity contribution is 6.31. The van der Waals surface area contributed by atoms with Gasteiger partial charge in [0.25, 0.3) is 5.82 Å². The minimum absolute atomic E-state index is 0.0373. The molecular formula is C15H19ClF3N3O. The van der Waals surface area contributed by atoms with Crippen molar-refractivity contribution in [2.75, 3.05) is 6.61 Å². The van der Waals surface area contributed by atoms with Crippen LogP contribution >= 0.6 is 11.6 Å². The standard InChI is InChI=1S/C15H19ClF3N3O/c1-2-3-4-5-6-7-8-23-22-12-9-11(16)10-20-13(12)21-14(22)15(17,18)19/h9-10H,2-8H2,1H3. The largest absolute Gasteiger partial charge is 0.453 e. The number of hydrogen-bond acceptors (Lipinski definition) is 3. The molecule has 0 aliphatic heterocycles. The van der Waals surface area contributed by atoms with Crippen LogP contribution in [0.5, 0.6) is 0 Å². The Morgan fingerprint density at radius 2 is 1.87 bits per heavy atom. The van der Waals surface area contributed by atoms with E-state index < -0.39 is 12.0 Å². The van der Waals surface area contributed by atoms with E-state index in [0.717, 1.165) is 25.7 Å². The molecule has 2 aromatic heterocycles. The van der Waals surface area contributed by atoms with Crippen LogP contribution in [0.1, 0.15) is 51.3 Å². The summed E-state index contributed by atoms with van der Waals surface area (Å²) in [5.74, 6) is -1.12. The molecular weight excluding hydrogens is 331 g/mol. The molecule has 0 aromatic carbocycles. The Balaban J connectivity index is 2.07. The number of nitrogens with zero attached hydrogens (tertiary/aromatic N) is 3. The van der Waals surface area contributed by atoms with E-state index in [1.54, 1.807) is 0 Å². The van der Waals surface area contributed by atoms with Crippen LogP contribution in [0.25, 0.3) is 11.2 Å². The second-order valence-corrected chi connectivity index (χ2v) is 5.76. The fourth-order valence-corrected chi connectivity index (χ4v) is 2.42. The molecule has 0 amide bonds. The summed E-state index contributed by atoms with van der Waals surface area (Å²) in [5.41, 5.74) is 0.0838. The van der Waals surface area contributed by atoms with Gasteiger partial charge in [0, 0.05) is 6.20 Å². The van der Waals surface area contributed by atoms with Gasteiger partial charge in [-0.25, -0.2) is 9.97 Å². The average molecular weight is 350 g/mol. The lowest BCUT2D eigenvalue weighted by atomic mass is 10.1. The normalized spacial score (nSPS) is 12.0. The molecule has 23 heavy (non-hydrogen) atoms. The van der Waals surface area contributed by atoms with Crippen LogP contribution in [0, 0.1) is 0 Å². The maximum atomic E-state index is 13.1. The van der Waals surface area contributed by atoms with Crippen molar-refractivity contribution in [2.45, 2.75) is 51.6 Å². The Bertz CT molecular complexity index is 643. The third kappa shape index (κ3) is 4.73. The van der Waals surface area contributed by atoms with E-state index >= 15 is 0 Å². The number of aromatic nitrogens is 3. The lowest BCUT2D eigenvalue weighted by Crippen LogP contribution is -2.21. The molecule has 0 aliphatic carbocycles. The molecule has 4 nitrogen and oxygen atoms in total. The van der Waals surface area contributed by atoms with E-state index in [9.17, 15) is 13.2 Å². The zero-order chi connectivity index (χ0) is 16.9. The first kappa shape index (κ1) is 17.8. The second-order valence-electron chi connectivity index (χ2n) is 5.32. The van der Waals surface area contributed by atoms with Gasteiger partial charge in [-0.1, -0.05) is 44.2 Å². The summed E-state index contributed by atoms with van der Waals surface area (Å²) in [6.07, 6.45) is 2.78. The van der Waals surface area contributed by atoms with Gasteiger partial charge in [0.2, 0.25) is 0 Å². The summed E-state index contributed by atoms with van der Waals surface area (Å²) in [4.78, 5) is 12.6. The highest BCUT2D eigenvalue weighted by atomic mass is 35.5. The highest BCUT2D eigenvalue weighted by Crippen LogP contribution is 2.31. The van der Waals surface area contributed by atoms with Crippen LogP contribution < -0.4 is 4.84 Å². The zero-order valence-corrected chi connectivity index (χ0v) is 13.6. The van der Waals surface area contributed by atoms with Crippen LogP contribution in [0.4, 0.5) is 13.2 Å². The third-order valence-corrected chi connectivity index (χ3v) is 3.62. The predicted molar refractivity (Wildman–Crippen MR) is 82.4 cm³/mol. The van der Waals surface area contributed by atoms with E-state index in [1.165, 1.54) is 18.7 Å². The second kappa shape index (κ2) is 7.86. The SMILES string of the molecule is CCCCCCCCOn1c(C(F)(F)F)nc2ncc(Cl)cc21. The fourth-order valence-electron chi connectivity index (χ4n) is 2.26. The van der Waals surface area contributed by atoms with Crippen molar-refractivity contribution >= 4 is 22.8 Å². The molecule has 0 spiro atoms. The maximum absolute atomic E-state index is 13.1. The summed E-state index contributed by atoms with van der Waals surface area (Å²) < 4.78 is 39.9. The molecule has 2 rings (SSSR count). The number of rotatable bonds is 8. The molecule has 0 aliphatic rings. The number of fused-ring (bicyclic) bond motifs is 1. The predicted octanol–water partition coefficient (Wildman–Crippen LogP) is 4.89. The van der Waals surface area contributed by atoms with E-state index in [1.807, 2.05) is 0 Å². The zero-order valence-electron chi connectivity index (χ0n) is 12.9. The molecule has 0 saturated carbocycles. The van der Waals surface area contributed by atoms with E-state index in [4.69, 9.17) is 16.4 Å². The van der Waals surface area contributed by atoms with Gasteiger partial charge in [0.1, 0.15) is 12.1 Å². The molecule has 0 saturated heterocycles. The minimum atomic E-state index is -4.62. The number of pyridine rings is 1. The lowest BCUT2D eigenvalue weighted by molar-refractivity contribution is -0.155. The molecule has 128 valence electrons. The number of halogens is 4. The minimum Gasteiger partial charge on any atom is -0.412 e. The first-order valence-electron chi connectivity index (χ1n) is 7.68. The van der Waals surface area contributed by atoms with Crippen molar-refractivity contribution in [3.05, 3.63) is 23.1 Å². The number of imidazole rings is 1. The van der Waals surface area contributed by atoms with Crippen LogP contribution in [0.2, 0.25) is 5.02 Å². The average Bonchev–Trinajstić information content (AvgIpc) is 2.84. The summed E-state index contributed by atoms with van der Waals surface area (Å²) in [6.45, 7) is 2.32. The third-order valence-electron chi connectivity index (χ3n) is 3.41. The van der Waals surface area contributed by atoms with Crippen molar-refractivity contribution < 1.29 is 18.0 Å². The molecule has 2 aromatic rings. The first-order valence-corrected chi connectivity index (χ1v) is 8.05. The van der Waals surface area contributed by atoms with Gasteiger partial charge in [-0.05, 0) is 18.9 Å². The Hall–Kier alpha value is -1.50. The number of unbranched alkanes of at least 4 members (excludes halogenated alkanes) is 5. The van der Waals surface area contributed by atoms with Crippen molar-refractivity contribution in [1.29, 1.82) is 0 Å². The van der Waals surface area contributed by atoms with Crippen molar-refractivity contribution in [2.24, 2.45) is 0 Å². The summed E-state index contributed by atoms with van der Waals surface area (Å²) in [5, 5.41) is 0.232. The Morgan fingerprint density at radius 3 is 2.57 bits per heavy atom. The van der Waals surface area contributed by atoms with Crippen LogP contribution in [0.15, 0.2) is 12.3 Å². The van der Waals surface area contributed by atoms with Gasteiger partial charge in [0.15, 0.2) is 5.65 Å². The van der Waals surface area contributed by atoms with Gasteiger partial charge in [-0.3, -0.25) is 0 Å². The quantitative estimate of drug-likeness (QED) is 0.637. The van der Waals surface area contributed by atoms with Crippen molar-refractivity contribution in [1.82, 2.24) is 14.7 Å². The molecule has 2 heterocycles. The van der Waals surface area contributed by atoms with Gasteiger partial charge < -0.3 is 4.84 Å². The topological polar surface area (TPSA) is 39.9 Å². The van der Waals surface area contributed by atoms with Crippen molar-refractivity contribution in [3.63, 3.8) is 0 Å². The summed E-state index contributed by atoms with van der Waals surface area (Å²) in [6, 6.07) is 1.37. The molecule has 0 radical (unpaired) electrons. The first-order chi connectivity index (χ1) is 10.9. The van der Waals surface area contributed by atoms with Gasteiger partial charge in [-0.2, -0.15) is 17.9 Å². The Morgan fingerprint density at radius 1 is 1.17 bits per heavy atom. The van der Waals surface area contributed by atoms with Crippen molar-refractivity contribution in [3.8, 4) is 0 Å². The van der Waals surface area contributed by atoms with E-state index in [-0.39, 0.29) is 22.8 Å². The number of alkyl halides is 3. The molecule has 0 atom stereocenters. The fraction of sp³-hybridized carbons (Fsp3) is 0.600. The molecule has 0 N–H and O–H groups in total. The van der Waals surface area contributed by atoms with Crippen LogP contribution in [-0.4, -0.2) is 21.3 Å². The summed E-state index contributed by atoms with van der Waals surface area (Å²) in [7, 11) is 0. The summed E-state index contributed by atoms with van der Waals surface area (Å²) >= 11 is 5.81. The Labute approximate surface area is 137 Å². The van der Waals surface area contributed by atoms with Gasteiger partial charge >= 0.3 is 6.18 Å². The smallest absolute Gasteiger partial charge is 0.412 e. The van der Waals surface area contributed by atoms with Crippen LogP contribution in [-0.2, 0) is 6.18 Å².